The topological polar surface area (TPSA) is 62.6 Å². The fourth-order valence-corrected chi connectivity index (χ4v) is 4.67. The summed E-state index contributed by atoms with van der Waals surface area (Å²) in [6.45, 7) is 3.52. The van der Waals surface area contributed by atoms with Crippen LogP contribution in [0.1, 0.15) is 21.7 Å². The summed E-state index contributed by atoms with van der Waals surface area (Å²) in [7, 11) is 0. The van der Waals surface area contributed by atoms with Gasteiger partial charge in [-0.05, 0) is 42.8 Å². The second-order valence-corrected chi connectivity index (χ2v) is 9.16. The van der Waals surface area contributed by atoms with E-state index in [2.05, 4.69) is 21.2 Å². The molecular weight excluding hydrogens is 452 g/mol. The lowest BCUT2D eigenvalue weighted by atomic mass is 10.1. The molecule has 1 saturated heterocycles. The third-order valence-electron chi connectivity index (χ3n) is 5.04. The number of amides is 2. The van der Waals surface area contributed by atoms with Crippen LogP contribution in [0.5, 0.6) is 0 Å². The minimum Gasteiger partial charge on any atom is -0.451 e. The van der Waals surface area contributed by atoms with Crippen molar-refractivity contribution in [2.45, 2.75) is 13.3 Å². The Balaban J connectivity index is 1.42. The zero-order chi connectivity index (χ0) is 20.4. The van der Waals surface area contributed by atoms with Gasteiger partial charge in [0.15, 0.2) is 5.76 Å². The number of hydrogen-bond donors (Lipinski definition) is 1. The van der Waals surface area contributed by atoms with E-state index in [0.717, 1.165) is 45.6 Å². The molecule has 2 heterocycles. The molecule has 1 N–H and O–H groups in total. The third kappa shape index (κ3) is 4.51. The lowest BCUT2D eigenvalue weighted by molar-refractivity contribution is -0.130. The van der Waals surface area contributed by atoms with Crippen molar-refractivity contribution in [3.8, 4) is 0 Å². The van der Waals surface area contributed by atoms with E-state index in [1.807, 2.05) is 66.1 Å². The van der Waals surface area contributed by atoms with Crippen LogP contribution in [0.25, 0.3) is 11.0 Å². The van der Waals surface area contributed by atoms with E-state index in [-0.39, 0.29) is 11.8 Å². The van der Waals surface area contributed by atoms with Crippen molar-refractivity contribution in [3.63, 3.8) is 0 Å². The number of rotatable bonds is 4. The van der Waals surface area contributed by atoms with Crippen molar-refractivity contribution in [2.75, 3.05) is 29.9 Å². The first kappa shape index (κ1) is 20.0. The molecule has 2 aromatic carbocycles. The van der Waals surface area contributed by atoms with Crippen molar-refractivity contribution >= 4 is 56.2 Å². The van der Waals surface area contributed by atoms with Crippen molar-refractivity contribution in [1.82, 2.24) is 4.90 Å². The summed E-state index contributed by atoms with van der Waals surface area (Å²) in [6.07, 6.45) is 0.385. The second-order valence-electron chi connectivity index (χ2n) is 7.02. The first-order valence-corrected chi connectivity index (χ1v) is 11.4. The number of halogens is 1. The van der Waals surface area contributed by atoms with Crippen LogP contribution in [0.2, 0.25) is 0 Å². The Morgan fingerprint density at radius 2 is 1.86 bits per heavy atom. The van der Waals surface area contributed by atoms with Gasteiger partial charge in [0.25, 0.3) is 5.91 Å². The molecule has 0 saturated carbocycles. The van der Waals surface area contributed by atoms with Crippen molar-refractivity contribution < 1.29 is 14.0 Å². The van der Waals surface area contributed by atoms with E-state index < -0.39 is 0 Å². The normalized spacial score (nSPS) is 14.2. The zero-order valence-electron chi connectivity index (χ0n) is 16.0. The van der Waals surface area contributed by atoms with Crippen LogP contribution in [-0.2, 0) is 11.2 Å². The number of carbonyl (C=O) groups is 2. The number of thioether (sulfide) groups is 1. The van der Waals surface area contributed by atoms with Crippen molar-refractivity contribution in [3.05, 3.63) is 63.8 Å². The Kier molecular flexibility index (Phi) is 5.96. The molecule has 0 atom stereocenters. The molecule has 0 bridgehead atoms. The molecule has 150 valence electrons. The van der Waals surface area contributed by atoms with E-state index in [4.69, 9.17) is 4.42 Å². The number of fused-ring (bicyclic) bond motifs is 1. The molecule has 0 unspecified atom stereocenters. The third-order valence-corrected chi connectivity index (χ3v) is 6.47. The maximum atomic E-state index is 12.7. The molecule has 4 rings (SSSR count). The maximum Gasteiger partial charge on any atom is 0.291 e. The van der Waals surface area contributed by atoms with Gasteiger partial charge in [0, 0.05) is 45.7 Å². The highest BCUT2D eigenvalue weighted by atomic mass is 79.9. The smallest absolute Gasteiger partial charge is 0.291 e. The molecule has 7 heteroatoms. The average molecular weight is 473 g/mol. The first-order chi connectivity index (χ1) is 14.0. The fraction of sp³-hybridized carbons (Fsp3) is 0.273. The number of nitrogens with zero attached hydrogens (tertiary/aromatic N) is 1. The van der Waals surface area contributed by atoms with E-state index in [0.29, 0.717) is 23.5 Å². The van der Waals surface area contributed by atoms with Crippen molar-refractivity contribution in [1.29, 1.82) is 0 Å². The predicted molar refractivity (Wildman–Crippen MR) is 121 cm³/mol. The molecule has 5 nitrogen and oxygen atoms in total. The second kappa shape index (κ2) is 8.63. The fourth-order valence-electron chi connectivity index (χ4n) is 3.40. The molecule has 1 aromatic heterocycles. The predicted octanol–water partition coefficient (Wildman–Crippen LogP) is 4.87. The van der Waals surface area contributed by atoms with Crippen LogP contribution < -0.4 is 5.32 Å². The summed E-state index contributed by atoms with van der Waals surface area (Å²) in [5, 5.41) is 3.79. The minimum absolute atomic E-state index is 0.158. The Morgan fingerprint density at radius 1 is 1.14 bits per heavy atom. The molecule has 1 aliphatic heterocycles. The van der Waals surface area contributed by atoms with Crippen LogP contribution in [0.3, 0.4) is 0 Å². The maximum absolute atomic E-state index is 12.7. The van der Waals surface area contributed by atoms with Crippen LogP contribution in [0.4, 0.5) is 5.69 Å². The summed E-state index contributed by atoms with van der Waals surface area (Å²) in [6, 6.07) is 13.1. The van der Waals surface area contributed by atoms with Gasteiger partial charge in [0.1, 0.15) is 5.58 Å². The number of benzene rings is 2. The van der Waals surface area contributed by atoms with E-state index >= 15 is 0 Å². The molecular formula is C22H21BrN2O3S. The highest BCUT2D eigenvalue weighted by molar-refractivity contribution is 9.10. The summed E-state index contributed by atoms with van der Waals surface area (Å²) < 4.78 is 6.69. The monoisotopic (exact) mass is 472 g/mol. The summed E-state index contributed by atoms with van der Waals surface area (Å²) >= 11 is 5.33. The van der Waals surface area contributed by atoms with Gasteiger partial charge in [0.2, 0.25) is 5.91 Å². The number of anilines is 1. The van der Waals surface area contributed by atoms with E-state index in [1.54, 1.807) is 0 Å². The molecule has 2 amide bonds. The highest BCUT2D eigenvalue weighted by Gasteiger charge is 2.19. The van der Waals surface area contributed by atoms with Gasteiger partial charge in [-0.2, -0.15) is 11.8 Å². The molecule has 0 spiro atoms. The Bertz CT molecular complexity index is 1060. The van der Waals surface area contributed by atoms with Gasteiger partial charge in [-0.3, -0.25) is 9.59 Å². The largest absolute Gasteiger partial charge is 0.451 e. The lowest BCUT2D eigenvalue weighted by Crippen LogP contribution is -2.38. The molecule has 1 fully saturated rings. The summed E-state index contributed by atoms with van der Waals surface area (Å²) in [5.74, 6) is 2.19. The number of aryl methyl sites for hydroxylation is 1. The zero-order valence-corrected chi connectivity index (χ0v) is 18.4. The standard InChI is InChI=1S/C22H21BrN2O3S/c1-14-18-13-16(23)4-7-19(18)28-21(14)22(27)24-17-5-2-15(3-6-17)12-20(26)25-8-10-29-11-9-25/h2-7,13H,8-12H2,1H3,(H,24,27). The highest BCUT2D eigenvalue weighted by Crippen LogP contribution is 2.28. The summed E-state index contributed by atoms with van der Waals surface area (Å²) in [5.41, 5.74) is 3.10. The van der Waals surface area contributed by atoms with Crippen LogP contribution in [0, 0.1) is 6.92 Å². The molecule has 1 aliphatic rings. The van der Waals surface area contributed by atoms with Crippen LogP contribution in [0.15, 0.2) is 51.4 Å². The SMILES string of the molecule is Cc1c(C(=O)Nc2ccc(CC(=O)N3CCSCC3)cc2)oc2ccc(Br)cc12. The molecule has 29 heavy (non-hydrogen) atoms. The van der Waals surface area contributed by atoms with Gasteiger partial charge >= 0.3 is 0 Å². The van der Waals surface area contributed by atoms with Gasteiger partial charge < -0.3 is 14.6 Å². The quantitative estimate of drug-likeness (QED) is 0.587. The van der Waals surface area contributed by atoms with Gasteiger partial charge in [0.05, 0.1) is 6.42 Å². The van der Waals surface area contributed by atoms with Gasteiger partial charge in [-0.25, -0.2) is 0 Å². The minimum atomic E-state index is -0.288. The Morgan fingerprint density at radius 3 is 2.59 bits per heavy atom. The number of nitrogens with one attached hydrogen (secondary N) is 1. The first-order valence-electron chi connectivity index (χ1n) is 9.46. The lowest BCUT2D eigenvalue weighted by Gasteiger charge is -2.26. The van der Waals surface area contributed by atoms with Crippen LogP contribution in [-0.4, -0.2) is 41.3 Å². The number of hydrogen-bond acceptors (Lipinski definition) is 4. The molecule has 0 aliphatic carbocycles. The average Bonchev–Trinajstić information content (AvgIpc) is 3.06. The van der Waals surface area contributed by atoms with Gasteiger partial charge in [-0.15, -0.1) is 0 Å². The van der Waals surface area contributed by atoms with Gasteiger partial charge in [-0.1, -0.05) is 28.1 Å². The van der Waals surface area contributed by atoms with Crippen LogP contribution >= 0.6 is 27.7 Å². The number of furan rings is 1. The van der Waals surface area contributed by atoms with E-state index in [1.165, 1.54) is 0 Å². The Labute approximate surface area is 182 Å². The molecule has 0 radical (unpaired) electrons. The van der Waals surface area contributed by atoms with Crippen molar-refractivity contribution in [2.24, 2.45) is 0 Å². The molecule has 3 aromatic rings. The Hall–Kier alpha value is -2.25. The summed E-state index contributed by atoms with van der Waals surface area (Å²) in [4.78, 5) is 27.0. The van der Waals surface area contributed by atoms with E-state index in [9.17, 15) is 9.59 Å². The number of carbonyl (C=O) groups excluding carboxylic acids is 2.